The molecule has 3 aromatic rings. The molecule has 1 saturated heterocycles. The Kier molecular flexibility index (Phi) is 6.99. The molecule has 0 radical (unpaired) electrons. The van der Waals surface area contributed by atoms with Gasteiger partial charge < -0.3 is 14.8 Å². The number of likely N-dealkylation sites (tertiary alicyclic amines) is 1. The third kappa shape index (κ3) is 5.04. The predicted molar refractivity (Wildman–Crippen MR) is 126 cm³/mol. The van der Waals surface area contributed by atoms with Crippen LogP contribution in [0.4, 0.5) is 10.1 Å². The summed E-state index contributed by atoms with van der Waals surface area (Å²) in [6.07, 6.45) is 1.62. The zero-order valence-corrected chi connectivity index (χ0v) is 19.8. The van der Waals surface area contributed by atoms with Crippen molar-refractivity contribution in [2.45, 2.75) is 31.0 Å². The van der Waals surface area contributed by atoms with Crippen molar-refractivity contribution in [3.63, 3.8) is 0 Å². The molecule has 0 bridgehead atoms. The summed E-state index contributed by atoms with van der Waals surface area (Å²) in [7, 11) is 1.82. The monoisotopic (exact) mass is 487 g/mol. The first-order chi connectivity index (χ1) is 15.8. The van der Waals surface area contributed by atoms with Gasteiger partial charge in [-0.1, -0.05) is 41.6 Å². The normalized spacial score (nSPS) is 15.6. The van der Waals surface area contributed by atoms with E-state index in [1.54, 1.807) is 42.2 Å². The van der Waals surface area contributed by atoms with E-state index in [1.807, 2.05) is 11.6 Å². The molecular formula is C23H23ClFN5O2S. The van der Waals surface area contributed by atoms with Gasteiger partial charge in [0.25, 0.3) is 5.91 Å². The second-order valence-electron chi connectivity index (χ2n) is 7.83. The molecule has 0 spiro atoms. The highest BCUT2D eigenvalue weighted by Crippen LogP contribution is 2.34. The van der Waals surface area contributed by atoms with Crippen LogP contribution in [0.1, 0.15) is 40.6 Å². The van der Waals surface area contributed by atoms with Crippen molar-refractivity contribution in [2.24, 2.45) is 7.05 Å². The number of hydrogen-bond acceptors (Lipinski definition) is 5. The number of carbonyl (C=O) groups is 2. The highest BCUT2D eigenvalue weighted by molar-refractivity contribution is 7.99. The topological polar surface area (TPSA) is 80.1 Å². The Bertz CT molecular complexity index is 1200. The lowest BCUT2D eigenvalue weighted by molar-refractivity contribution is -0.113. The molecule has 4 rings (SSSR count). The van der Waals surface area contributed by atoms with Crippen molar-refractivity contribution < 1.29 is 14.0 Å². The SMILES string of the molecule is Cc1ccc(F)cc1NC(=O)CSc1nnc(C2CCCN2C(=O)c2ccccc2Cl)n1C. The van der Waals surface area contributed by atoms with Gasteiger partial charge in [-0.05, 0) is 49.6 Å². The zero-order valence-electron chi connectivity index (χ0n) is 18.2. The van der Waals surface area contributed by atoms with Crippen molar-refractivity contribution in [3.05, 3.63) is 70.3 Å². The Labute approximate surface area is 200 Å². The van der Waals surface area contributed by atoms with Crippen molar-refractivity contribution in [2.75, 3.05) is 17.6 Å². The summed E-state index contributed by atoms with van der Waals surface area (Å²) < 4.78 is 15.3. The number of nitrogens with one attached hydrogen (secondary N) is 1. The average Bonchev–Trinajstić information content (AvgIpc) is 3.41. The molecule has 1 fully saturated rings. The summed E-state index contributed by atoms with van der Waals surface area (Å²) >= 11 is 7.46. The summed E-state index contributed by atoms with van der Waals surface area (Å²) in [6.45, 7) is 2.41. The second kappa shape index (κ2) is 9.93. The van der Waals surface area contributed by atoms with Crippen LogP contribution in [0.2, 0.25) is 5.02 Å². The van der Waals surface area contributed by atoms with E-state index in [4.69, 9.17) is 11.6 Å². The van der Waals surface area contributed by atoms with Gasteiger partial charge in [-0.15, -0.1) is 10.2 Å². The highest BCUT2D eigenvalue weighted by Gasteiger charge is 2.34. The van der Waals surface area contributed by atoms with Crippen molar-refractivity contribution in [3.8, 4) is 0 Å². The lowest BCUT2D eigenvalue weighted by atomic mass is 10.1. The highest BCUT2D eigenvalue weighted by atomic mass is 35.5. The summed E-state index contributed by atoms with van der Waals surface area (Å²) in [5, 5.41) is 12.3. The Morgan fingerprint density at radius 3 is 2.82 bits per heavy atom. The molecule has 1 aliphatic rings. The number of benzene rings is 2. The van der Waals surface area contributed by atoms with E-state index in [2.05, 4.69) is 15.5 Å². The molecule has 0 saturated carbocycles. The molecule has 1 aliphatic heterocycles. The first-order valence-corrected chi connectivity index (χ1v) is 11.8. The van der Waals surface area contributed by atoms with Crippen LogP contribution in [-0.2, 0) is 11.8 Å². The number of aryl methyl sites for hydroxylation is 1. The number of nitrogens with zero attached hydrogens (tertiary/aromatic N) is 4. The minimum absolute atomic E-state index is 0.0921. The first kappa shape index (κ1) is 23.3. The van der Waals surface area contributed by atoms with Crippen LogP contribution in [0.15, 0.2) is 47.6 Å². The number of aromatic nitrogens is 3. The molecule has 33 heavy (non-hydrogen) atoms. The predicted octanol–water partition coefficient (Wildman–Crippen LogP) is 4.62. The summed E-state index contributed by atoms with van der Waals surface area (Å²) in [6, 6.07) is 11.0. The Hall–Kier alpha value is -2.91. The molecule has 1 unspecified atom stereocenters. The maximum Gasteiger partial charge on any atom is 0.255 e. The second-order valence-corrected chi connectivity index (χ2v) is 9.18. The first-order valence-electron chi connectivity index (χ1n) is 10.5. The van der Waals surface area contributed by atoms with Gasteiger partial charge in [-0.2, -0.15) is 0 Å². The van der Waals surface area contributed by atoms with Gasteiger partial charge in [0.15, 0.2) is 11.0 Å². The van der Waals surface area contributed by atoms with Crippen LogP contribution in [0.3, 0.4) is 0 Å². The Morgan fingerprint density at radius 2 is 2.03 bits per heavy atom. The average molecular weight is 488 g/mol. The molecule has 2 amide bonds. The molecule has 2 aromatic carbocycles. The number of carbonyl (C=O) groups excluding carboxylic acids is 2. The summed E-state index contributed by atoms with van der Waals surface area (Å²) in [4.78, 5) is 27.3. The van der Waals surface area contributed by atoms with Crippen LogP contribution in [0, 0.1) is 12.7 Å². The lowest BCUT2D eigenvalue weighted by Gasteiger charge is -2.24. The van der Waals surface area contributed by atoms with Crippen LogP contribution in [-0.4, -0.2) is 43.8 Å². The Morgan fingerprint density at radius 1 is 1.24 bits per heavy atom. The van der Waals surface area contributed by atoms with E-state index in [9.17, 15) is 14.0 Å². The molecule has 1 aromatic heterocycles. The van der Waals surface area contributed by atoms with Crippen molar-refractivity contribution in [1.29, 1.82) is 0 Å². The minimum atomic E-state index is -0.408. The number of halogens is 2. The van der Waals surface area contributed by atoms with Gasteiger partial charge >= 0.3 is 0 Å². The number of hydrogen-bond donors (Lipinski definition) is 1. The quantitative estimate of drug-likeness (QED) is 0.513. The number of anilines is 1. The van der Waals surface area contributed by atoms with Gasteiger partial charge in [0, 0.05) is 19.3 Å². The van der Waals surface area contributed by atoms with E-state index in [0.717, 1.165) is 18.4 Å². The van der Waals surface area contributed by atoms with Crippen LogP contribution in [0.25, 0.3) is 0 Å². The van der Waals surface area contributed by atoms with Crippen molar-refractivity contribution in [1.82, 2.24) is 19.7 Å². The van der Waals surface area contributed by atoms with Gasteiger partial charge in [0.05, 0.1) is 22.4 Å². The third-order valence-electron chi connectivity index (χ3n) is 5.59. The zero-order chi connectivity index (χ0) is 23.5. The fourth-order valence-electron chi connectivity index (χ4n) is 3.85. The van der Waals surface area contributed by atoms with E-state index in [1.165, 1.54) is 23.9 Å². The standard InChI is InChI=1S/C23H23ClFN5O2S/c1-14-9-10-15(25)12-18(14)26-20(31)13-33-23-28-27-21(29(23)2)19-8-5-11-30(19)22(32)16-6-3-4-7-17(16)24/h3-4,6-7,9-10,12,19H,5,8,11,13H2,1-2H3,(H,26,31). The molecule has 1 atom stereocenters. The molecule has 2 heterocycles. The fraction of sp³-hybridized carbons (Fsp3) is 0.304. The number of rotatable bonds is 6. The van der Waals surface area contributed by atoms with Gasteiger partial charge in [-0.3, -0.25) is 9.59 Å². The fourth-order valence-corrected chi connectivity index (χ4v) is 4.79. The van der Waals surface area contributed by atoms with Gasteiger partial charge in [-0.25, -0.2) is 4.39 Å². The molecule has 7 nitrogen and oxygen atoms in total. The van der Waals surface area contributed by atoms with Gasteiger partial charge in [0.1, 0.15) is 5.82 Å². The van der Waals surface area contributed by atoms with Crippen LogP contribution >= 0.6 is 23.4 Å². The van der Waals surface area contributed by atoms with E-state index in [0.29, 0.717) is 33.8 Å². The molecule has 0 aliphatic carbocycles. The van der Waals surface area contributed by atoms with Crippen LogP contribution < -0.4 is 5.32 Å². The molecule has 1 N–H and O–H groups in total. The number of amides is 2. The van der Waals surface area contributed by atoms with E-state index >= 15 is 0 Å². The maximum absolute atomic E-state index is 13.5. The molecule has 172 valence electrons. The van der Waals surface area contributed by atoms with E-state index < -0.39 is 5.82 Å². The largest absolute Gasteiger partial charge is 0.328 e. The minimum Gasteiger partial charge on any atom is -0.328 e. The lowest BCUT2D eigenvalue weighted by Crippen LogP contribution is -2.32. The van der Waals surface area contributed by atoms with Crippen molar-refractivity contribution >= 4 is 40.9 Å². The third-order valence-corrected chi connectivity index (χ3v) is 6.94. The van der Waals surface area contributed by atoms with Gasteiger partial charge in [0.2, 0.25) is 5.91 Å². The summed E-state index contributed by atoms with van der Waals surface area (Å²) in [5.74, 6) is -0.0555. The molecular weight excluding hydrogens is 465 g/mol. The van der Waals surface area contributed by atoms with E-state index in [-0.39, 0.29) is 23.6 Å². The van der Waals surface area contributed by atoms with Crippen LogP contribution in [0.5, 0.6) is 0 Å². The molecule has 10 heteroatoms. The summed E-state index contributed by atoms with van der Waals surface area (Å²) in [5.41, 5.74) is 1.69. The maximum atomic E-state index is 13.5. The number of thioether (sulfide) groups is 1. The Balaban J connectivity index is 1.44. The smallest absolute Gasteiger partial charge is 0.255 e.